The Morgan fingerprint density at radius 1 is 1.24 bits per heavy atom. The fraction of sp³-hybridized carbons (Fsp3) is 0.625. The van der Waals surface area contributed by atoms with E-state index in [1.54, 1.807) is 11.3 Å². The Balaban J connectivity index is 1.62. The maximum Gasteiger partial charge on any atom is 0.264 e. The molecule has 3 aliphatic rings. The smallest absolute Gasteiger partial charge is 0.264 e. The normalized spacial score (nSPS) is 28.0. The van der Waals surface area contributed by atoms with Crippen molar-refractivity contribution in [3.05, 3.63) is 21.4 Å². The van der Waals surface area contributed by atoms with Gasteiger partial charge in [-0.05, 0) is 50.2 Å². The van der Waals surface area contributed by atoms with E-state index in [9.17, 15) is 9.59 Å². The van der Waals surface area contributed by atoms with Crippen molar-refractivity contribution in [2.75, 3.05) is 6.54 Å². The summed E-state index contributed by atoms with van der Waals surface area (Å²) in [7, 11) is 0. The number of carbonyl (C=O) groups excluding carboxylic acids is 2. The predicted octanol–water partition coefficient (Wildman–Crippen LogP) is 2.12. The van der Waals surface area contributed by atoms with Crippen LogP contribution in [0.2, 0.25) is 0 Å². The van der Waals surface area contributed by atoms with Gasteiger partial charge in [0.15, 0.2) is 0 Å². The minimum Gasteiger partial charge on any atom is -0.354 e. The third-order valence-electron chi connectivity index (χ3n) is 5.02. The van der Waals surface area contributed by atoms with Gasteiger partial charge in [-0.15, -0.1) is 11.3 Å². The summed E-state index contributed by atoms with van der Waals surface area (Å²) in [5.41, 5.74) is 1.38. The van der Waals surface area contributed by atoms with Crippen LogP contribution in [0.3, 0.4) is 0 Å². The van der Waals surface area contributed by atoms with E-state index >= 15 is 0 Å². The molecule has 2 amide bonds. The number of carbonyl (C=O) groups is 2. The lowest BCUT2D eigenvalue weighted by atomic mass is 9.99. The zero-order chi connectivity index (χ0) is 14.4. The highest BCUT2D eigenvalue weighted by Gasteiger charge is 2.41. The van der Waals surface area contributed by atoms with E-state index in [1.807, 2.05) is 4.90 Å². The molecule has 0 radical (unpaired) electrons. The molecule has 2 fully saturated rings. The highest BCUT2D eigenvalue weighted by molar-refractivity contribution is 7.14. The second-order valence-corrected chi connectivity index (χ2v) is 7.51. The largest absolute Gasteiger partial charge is 0.354 e. The van der Waals surface area contributed by atoms with Gasteiger partial charge < -0.3 is 10.2 Å². The summed E-state index contributed by atoms with van der Waals surface area (Å²) >= 11 is 1.68. The van der Waals surface area contributed by atoms with Gasteiger partial charge in [-0.2, -0.15) is 0 Å². The van der Waals surface area contributed by atoms with Crippen LogP contribution in [-0.4, -0.2) is 35.3 Å². The summed E-state index contributed by atoms with van der Waals surface area (Å²) in [5.74, 6) is 0.240. The lowest BCUT2D eigenvalue weighted by Gasteiger charge is -2.26. The van der Waals surface area contributed by atoms with E-state index in [0.717, 1.165) is 30.6 Å². The molecule has 1 aromatic heterocycles. The Morgan fingerprint density at radius 3 is 2.90 bits per heavy atom. The van der Waals surface area contributed by atoms with Crippen molar-refractivity contribution >= 4 is 23.2 Å². The molecule has 4 nitrogen and oxygen atoms in total. The highest BCUT2D eigenvalue weighted by atomic mass is 32.1. The monoisotopic (exact) mass is 304 g/mol. The van der Waals surface area contributed by atoms with Crippen molar-refractivity contribution in [3.8, 4) is 0 Å². The summed E-state index contributed by atoms with van der Waals surface area (Å²) in [5, 5.41) is 2.93. The minimum atomic E-state index is 0.0884. The van der Waals surface area contributed by atoms with Crippen LogP contribution in [0.15, 0.2) is 6.07 Å². The number of hydrogen-bond acceptors (Lipinski definition) is 3. The zero-order valence-electron chi connectivity index (χ0n) is 12.1. The van der Waals surface area contributed by atoms with Crippen LogP contribution in [-0.2, 0) is 17.6 Å². The van der Waals surface area contributed by atoms with Gasteiger partial charge in [0.25, 0.3) is 5.91 Å². The van der Waals surface area contributed by atoms with E-state index in [1.165, 1.54) is 23.3 Å². The third kappa shape index (κ3) is 2.27. The number of thiophene rings is 1. The van der Waals surface area contributed by atoms with Gasteiger partial charge in [0.1, 0.15) is 0 Å². The van der Waals surface area contributed by atoms with Crippen molar-refractivity contribution in [1.29, 1.82) is 0 Å². The molecule has 0 spiro atoms. The standard InChI is InChI=1S/C16H20N2O2S/c19-15-8-11-5-6-12(9-17-15)18(11)16(20)14-7-10-3-1-2-4-13(10)21-14/h7,11-12H,1-6,8-9H2,(H,17,19)/t11-,12+/m0/s1. The first-order valence-corrected chi connectivity index (χ1v) is 8.75. The maximum atomic E-state index is 12.9. The molecule has 1 aliphatic carbocycles. The summed E-state index contributed by atoms with van der Waals surface area (Å²) < 4.78 is 0. The van der Waals surface area contributed by atoms with E-state index < -0.39 is 0 Å². The molecular formula is C16H20N2O2S. The minimum absolute atomic E-state index is 0.0884. The average Bonchev–Trinajstić information content (AvgIpc) is 3.03. The number of fused-ring (bicyclic) bond motifs is 3. The number of aryl methyl sites for hydroxylation is 2. The molecule has 0 aromatic carbocycles. The van der Waals surface area contributed by atoms with Gasteiger partial charge >= 0.3 is 0 Å². The molecular weight excluding hydrogens is 284 g/mol. The van der Waals surface area contributed by atoms with E-state index in [4.69, 9.17) is 0 Å². The fourth-order valence-electron chi connectivity index (χ4n) is 3.93. The SMILES string of the molecule is O=C1C[C@@H]2CC[C@H](CN1)N2C(=O)c1cc2c(s1)CCCC2. The molecule has 2 saturated heterocycles. The molecule has 2 aliphatic heterocycles. The zero-order valence-corrected chi connectivity index (χ0v) is 12.9. The molecule has 2 bridgehead atoms. The topological polar surface area (TPSA) is 49.4 Å². The molecule has 4 rings (SSSR count). The molecule has 2 atom stereocenters. The molecule has 112 valence electrons. The Kier molecular flexibility index (Phi) is 3.25. The first-order chi connectivity index (χ1) is 10.2. The van der Waals surface area contributed by atoms with Crippen LogP contribution >= 0.6 is 11.3 Å². The Bertz CT molecular complexity index is 572. The van der Waals surface area contributed by atoms with E-state index in [-0.39, 0.29) is 23.9 Å². The fourth-order valence-corrected chi connectivity index (χ4v) is 5.13. The Labute approximate surface area is 128 Å². The highest BCUT2D eigenvalue weighted by Crippen LogP contribution is 2.34. The van der Waals surface area contributed by atoms with Gasteiger partial charge in [-0.1, -0.05) is 0 Å². The van der Waals surface area contributed by atoms with Crippen molar-refractivity contribution in [2.45, 2.75) is 57.0 Å². The molecule has 5 heteroatoms. The third-order valence-corrected chi connectivity index (χ3v) is 6.24. The molecule has 0 unspecified atom stereocenters. The quantitative estimate of drug-likeness (QED) is 0.864. The first kappa shape index (κ1) is 13.3. The van der Waals surface area contributed by atoms with Crippen molar-refractivity contribution in [2.24, 2.45) is 0 Å². The van der Waals surface area contributed by atoms with Crippen LogP contribution in [0.5, 0.6) is 0 Å². The second kappa shape index (κ2) is 5.13. The Hall–Kier alpha value is -1.36. The molecule has 0 saturated carbocycles. The lowest BCUT2D eigenvalue weighted by molar-refractivity contribution is -0.121. The van der Waals surface area contributed by atoms with Crippen molar-refractivity contribution in [3.63, 3.8) is 0 Å². The number of nitrogens with zero attached hydrogens (tertiary/aromatic N) is 1. The van der Waals surface area contributed by atoms with E-state index in [2.05, 4.69) is 11.4 Å². The van der Waals surface area contributed by atoms with Crippen molar-refractivity contribution in [1.82, 2.24) is 10.2 Å². The summed E-state index contributed by atoms with van der Waals surface area (Å²) in [4.78, 5) is 28.9. The van der Waals surface area contributed by atoms with Crippen LogP contribution in [0.25, 0.3) is 0 Å². The summed E-state index contributed by atoms with van der Waals surface area (Å²) in [6.45, 7) is 0.617. The number of hydrogen-bond donors (Lipinski definition) is 1. The second-order valence-electron chi connectivity index (χ2n) is 6.37. The van der Waals surface area contributed by atoms with Gasteiger partial charge in [-0.3, -0.25) is 9.59 Å². The van der Waals surface area contributed by atoms with Crippen LogP contribution in [0.1, 0.15) is 52.2 Å². The molecule has 1 N–H and O–H groups in total. The van der Waals surface area contributed by atoms with Crippen LogP contribution < -0.4 is 5.32 Å². The first-order valence-electron chi connectivity index (χ1n) is 7.93. The summed E-state index contributed by atoms with van der Waals surface area (Å²) in [6, 6.07) is 2.40. The maximum absolute atomic E-state index is 12.9. The van der Waals surface area contributed by atoms with Gasteiger partial charge in [0.2, 0.25) is 5.91 Å². The number of nitrogens with one attached hydrogen (secondary N) is 1. The van der Waals surface area contributed by atoms with Gasteiger partial charge in [-0.25, -0.2) is 0 Å². The lowest BCUT2D eigenvalue weighted by Crippen LogP contribution is -2.42. The van der Waals surface area contributed by atoms with Crippen molar-refractivity contribution < 1.29 is 9.59 Å². The molecule has 1 aromatic rings. The molecule has 21 heavy (non-hydrogen) atoms. The summed E-state index contributed by atoms with van der Waals surface area (Å²) in [6.07, 6.45) is 7.18. The van der Waals surface area contributed by atoms with Crippen LogP contribution in [0, 0.1) is 0 Å². The van der Waals surface area contributed by atoms with Gasteiger partial charge in [0, 0.05) is 29.9 Å². The van der Waals surface area contributed by atoms with E-state index in [0.29, 0.717) is 13.0 Å². The Morgan fingerprint density at radius 2 is 2.05 bits per heavy atom. The number of rotatable bonds is 1. The van der Waals surface area contributed by atoms with Crippen LogP contribution in [0.4, 0.5) is 0 Å². The number of amides is 2. The predicted molar refractivity (Wildman–Crippen MR) is 81.6 cm³/mol. The molecule has 3 heterocycles. The average molecular weight is 304 g/mol. The van der Waals surface area contributed by atoms with Gasteiger partial charge in [0.05, 0.1) is 4.88 Å².